The maximum Gasteiger partial charge on any atom is 0.340 e. The normalized spacial score (nSPS) is 15.2. The molecule has 0 unspecified atom stereocenters. The SMILES string of the molecule is COC(=O)c1c(C2CC2)[nH]c2c(C)cccc12. The zero-order valence-corrected chi connectivity index (χ0v) is 10.0. The minimum absolute atomic E-state index is 0.233. The molecule has 3 heteroatoms. The van der Waals surface area contributed by atoms with E-state index in [1.807, 2.05) is 12.1 Å². The second-order valence-electron chi connectivity index (χ2n) is 4.68. The maximum atomic E-state index is 11.9. The van der Waals surface area contributed by atoms with E-state index in [1.165, 1.54) is 12.7 Å². The Morgan fingerprint density at radius 1 is 1.41 bits per heavy atom. The number of methoxy groups -OCH3 is 1. The van der Waals surface area contributed by atoms with Crippen molar-refractivity contribution in [1.82, 2.24) is 4.98 Å². The van der Waals surface area contributed by atoms with Crippen molar-refractivity contribution in [1.29, 1.82) is 0 Å². The van der Waals surface area contributed by atoms with E-state index in [-0.39, 0.29) is 5.97 Å². The Labute approximate surface area is 99.8 Å². The second kappa shape index (κ2) is 3.62. The van der Waals surface area contributed by atoms with Crippen molar-refractivity contribution >= 4 is 16.9 Å². The van der Waals surface area contributed by atoms with Crippen LogP contribution in [0.3, 0.4) is 0 Å². The van der Waals surface area contributed by atoms with Crippen LogP contribution in [0.1, 0.15) is 40.4 Å². The van der Waals surface area contributed by atoms with Crippen molar-refractivity contribution in [3.05, 3.63) is 35.0 Å². The van der Waals surface area contributed by atoms with Gasteiger partial charge in [0.1, 0.15) is 0 Å². The minimum Gasteiger partial charge on any atom is -0.465 e. The standard InChI is InChI=1S/C14H15NO2/c1-8-4-3-5-10-11(14(16)17-2)13(9-6-7-9)15-12(8)10/h3-5,9,15H,6-7H2,1-2H3. The van der Waals surface area contributed by atoms with Crippen LogP contribution in [0.15, 0.2) is 18.2 Å². The third-order valence-electron chi connectivity index (χ3n) is 3.45. The summed E-state index contributed by atoms with van der Waals surface area (Å²) < 4.78 is 4.90. The van der Waals surface area contributed by atoms with Gasteiger partial charge in [0.05, 0.1) is 12.7 Å². The van der Waals surface area contributed by atoms with E-state index in [9.17, 15) is 4.79 Å². The molecule has 0 spiro atoms. The molecular formula is C14H15NO2. The fraction of sp³-hybridized carbons (Fsp3) is 0.357. The van der Waals surface area contributed by atoms with Crippen molar-refractivity contribution in [2.45, 2.75) is 25.7 Å². The lowest BCUT2D eigenvalue weighted by Gasteiger charge is -2.00. The van der Waals surface area contributed by atoms with Gasteiger partial charge in [0.25, 0.3) is 0 Å². The van der Waals surface area contributed by atoms with E-state index in [0.29, 0.717) is 5.92 Å². The molecule has 17 heavy (non-hydrogen) atoms. The van der Waals surface area contributed by atoms with Gasteiger partial charge in [-0.25, -0.2) is 4.79 Å². The quantitative estimate of drug-likeness (QED) is 0.804. The predicted octanol–water partition coefficient (Wildman–Crippen LogP) is 3.14. The van der Waals surface area contributed by atoms with Gasteiger partial charge in [0.15, 0.2) is 0 Å². The first-order valence-corrected chi connectivity index (χ1v) is 5.92. The number of benzene rings is 1. The molecule has 3 rings (SSSR count). The number of aromatic nitrogens is 1. The summed E-state index contributed by atoms with van der Waals surface area (Å²) in [5.41, 5.74) is 4.02. The van der Waals surface area contributed by atoms with Crippen LogP contribution in [-0.4, -0.2) is 18.1 Å². The molecule has 1 N–H and O–H groups in total. The highest BCUT2D eigenvalue weighted by molar-refractivity contribution is 6.06. The number of H-pyrrole nitrogens is 1. The lowest BCUT2D eigenvalue weighted by atomic mass is 10.1. The van der Waals surface area contributed by atoms with Gasteiger partial charge in [-0.05, 0) is 31.2 Å². The number of aryl methyl sites for hydroxylation is 1. The van der Waals surface area contributed by atoms with Gasteiger partial charge in [-0.1, -0.05) is 18.2 Å². The lowest BCUT2D eigenvalue weighted by Crippen LogP contribution is -2.03. The van der Waals surface area contributed by atoms with Crippen molar-refractivity contribution in [2.75, 3.05) is 7.11 Å². The predicted molar refractivity (Wildman–Crippen MR) is 66.4 cm³/mol. The smallest absolute Gasteiger partial charge is 0.340 e. The number of esters is 1. The van der Waals surface area contributed by atoms with Gasteiger partial charge in [-0.15, -0.1) is 0 Å². The fourth-order valence-electron chi connectivity index (χ4n) is 2.38. The monoisotopic (exact) mass is 229 g/mol. The third-order valence-corrected chi connectivity index (χ3v) is 3.45. The Morgan fingerprint density at radius 2 is 2.18 bits per heavy atom. The first-order chi connectivity index (χ1) is 8.22. The van der Waals surface area contributed by atoms with Crippen LogP contribution in [0.5, 0.6) is 0 Å². The van der Waals surface area contributed by atoms with Gasteiger partial charge in [0.2, 0.25) is 0 Å². The van der Waals surface area contributed by atoms with E-state index in [0.717, 1.165) is 35.0 Å². The molecule has 0 radical (unpaired) electrons. The number of hydrogen-bond acceptors (Lipinski definition) is 2. The van der Waals surface area contributed by atoms with Gasteiger partial charge in [-0.2, -0.15) is 0 Å². The van der Waals surface area contributed by atoms with E-state index < -0.39 is 0 Å². The van der Waals surface area contributed by atoms with Crippen molar-refractivity contribution < 1.29 is 9.53 Å². The number of rotatable bonds is 2. The summed E-state index contributed by atoms with van der Waals surface area (Å²) in [4.78, 5) is 15.3. The summed E-state index contributed by atoms with van der Waals surface area (Å²) in [5.74, 6) is 0.277. The number of aromatic amines is 1. The van der Waals surface area contributed by atoms with E-state index in [2.05, 4.69) is 18.0 Å². The molecule has 1 saturated carbocycles. The first kappa shape index (κ1) is 10.4. The van der Waals surface area contributed by atoms with Gasteiger partial charge in [0, 0.05) is 16.6 Å². The highest BCUT2D eigenvalue weighted by Crippen LogP contribution is 2.43. The average Bonchev–Trinajstić information content (AvgIpc) is 3.10. The Morgan fingerprint density at radius 3 is 2.82 bits per heavy atom. The summed E-state index contributed by atoms with van der Waals surface area (Å²) in [5, 5.41) is 0.985. The zero-order valence-electron chi connectivity index (χ0n) is 10.0. The Kier molecular flexibility index (Phi) is 2.21. The molecule has 1 aliphatic rings. The number of hydrogen-bond donors (Lipinski definition) is 1. The largest absolute Gasteiger partial charge is 0.465 e. The van der Waals surface area contributed by atoms with Crippen LogP contribution in [0.4, 0.5) is 0 Å². The Bertz CT molecular complexity index is 594. The van der Waals surface area contributed by atoms with Crippen LogP contribution in [0.2, 0.25) is 0 Å². The van der Waals surface area contributed by atoms with Crippen molar-refractivity contribution in [3.8, 4) is 0 Å². The van der Waals surface area contributed by atoms with E-state index in [1.54, 1.807) is 0 Å². The van der Waals surface area contributed by atoms with Crippen molar-refractivity contribution in [3.63, 3.8) is 0 Å². The zero-order chi connectivity index (χ0) is 12.0. The van der Waals surface area contributed by atoms with Gasteiger partial charge in [-0.3, -0.25) is 0 Å². The Balaban J connectivity index is 2.31. The van der Waals surface area contributed by atoms with Gasteiger partial charge >= 0.3 is 5.97 Å². The van der Waals surface area contributed by atoms with Crippen LogP contribution < -0.4 is 0 Å². The Hall–Kier alpha value is -1.77. The molecular weight excluding hydrogens is 214 g/mol. The van der Waals surface area contributed by atoms with E-state index >= 15 is 0 Å². The van der Waals surface area contributed by atoms with E-state index in [4.69, 9.17) is 4.74 Å². The third kappa shape index (κ3) is 1.54. The molecule has 0 bridgehead atoms. The maximum absolute atomic E-state index is 11.9. The molecule has 0 aliphatic heterocycles. The number of nitrogens with one attached hydrogen (secondary N) is 1. The molecule has 0 saturated heterocycles. The molecule has 1 aliphatic carbocycles. The number of carbonyl (C=O) groups is 1. The highest BCUT2D eigenvalue weighted by Gasteiger charge is 2.31. The summed E-state index contributed by atoms with van der Waals surface area (Å²) >= 11 is 0. The van der Waals surface area contributed by atoms with Crippen molar-refractivity contribution in [2.24, 2.45) is 0 Å². The number of para-hydroxylation sites is 1. The average molecular weight is 229 g/mol. The number of carbonyl (C=O) groups excluding carboxylic acids is 1. The number of fused-ring (bicyclic) bond motifs is 1. The second-order valence-corrected chi connectivity index (χ2v) is 4.68. The summed E-state index contributed by atoms with van der Waals surface area (Å²) in [6.07, 6.45) is 2.33. The van der Waals surface area contributed by atoms with Crippen LogP contribution >= 0.6 is 0 Å². The number of ether oxygens (including phenoxy) is 1. The molecule has 1 fully saturated rings. The van der Waals surface area contributed by atoms with Gasteiger partial charge < -0.3 is 9.72 Å². The summed E-state index contributed by atoms with van der Waals surface area (Å²) in [6.45, 7) is 2.05. The molecule has 0 amide bonds. The lowest BCUT2D eigenvalue weighted by molar-refractivity contribution is 0.0601. The summed E-state index contributed by atoms with van der Waals surface area (Å²) in [6, 6.07) is 6.02. The molecule has 88 valence electrons. The fourth-order valence-corrected chi connectivity index (χ4v) is 2.38. The molecule has 0 atom stereocenters. The van der Waals surface area contributed by atoms with Crippen LogP contribution in [0.25, 0.3) is 10.9 Å². The highest BCUT2D eigenvalue weighted by atomic mass is 16.5. The molecule has 2 aromatic rings. The topological polar surface area (TPSA) is 42.1 Å². The molecule has 1 aromatic heterocycles. The van der Waals surface area contributed by atoms with Crippen LogP contribution in [0, 0.1) is 6.92 Å². The van der Waals surface area contributed by atoms with Crippen LogP contribution in [-0.2, 0) is 4.74 Å². The summed E-state index contributed by atoms with van der Waals surface area (Å²) in [7, 11) is 1.44. The molecule has 3 nitrogen and oxygen atoms in total. The first-order valence-electron chi connectivity index (χ1n) is 5.92. The minimum atomic E-state index is -0.233. The molecule has 1 aromatic carbocycles. The molecule has 1 heterocycles.